The first-order valence-corrected chi connectivity index (χ1v) is 7.03. The molecule has 1 aromatic carbocycles. The fourth-order valence-corrected chi connectivity index (χ4v) is 2.30. The molecule has 0 saturated carbocycles. The first kappa shape index (κ1) is 14.8. The van der Waals surface area contributed by atoms with Crippen LogP contribution in [0.3, 0.4) is 0 Å². The van der Waals surface area contributed by atoms with Gasteiger partial charge in [-0.05, 0) is 24.6 Å². The van der Waals surface area contributed by atoms with Crippen molar-refractivity contribution in [2.24, 2.45) is 0 Å². The van der Waals surface area contributed by atoms with Crippen molar-refractivity contribution in [3.05, 3.63) is 29.8 Å². The van der Waals surface area contributed by atoms with E-state index in [1.165, 1.54) is 0 Å². The van der Waals surface area contributed by atoms with E-state index in [9.17, 15) is 4.79 Å². The summed E-state index contributed by atoms with van der Waals surface area (Å²) in [5.41, 5.74) is 1.08. The fourth-order valence-electron chi connectivity index (χ4n) is 2.30. The summed E-state index contributed by atoms with van der Waals surface area (Å²) < 4.78 is 5.11. The number of nitrogens with one attached hydrogen (secondary N) is 2. The molecule has 0 radical (unpaired) electrons. The van der Waals surface area contributed by atoms with Gasteiger partial charge in [-0.3, -0.25) is 9.69 Å². The summed E-state index contributed by atoms with van der Waals surface area (Å²) in [6.07, 6.45) is 0. The molecule has 1 aliphatic rings. The normalized spacial score (nSPS) is 19.6. The lowest BCUT2D eigenvalue weighted by molar-refractivity contribution is -0.123. The van der Waals surface area contributed by atoms with Crippen LogP contribution in [0, 0.1) is 0 Å². The molecule has 2 rings (SSSR count). The smallest absolute Gasteiger partial charge is 0.234 e. The average Bonchev–Trinajstić information content (AvgIpc) is 2.48. The Balaban J connectivity index is 1.76. The molecule has 0 spiro atoms. The Hall–Kier alpha value is -1.59. The van der Waals surface area contributed by atoms with Crippen LogP contribution in [0.25, 0.3) is 0 Å². The third-order valence-corrected chi connectivity index (χ3v) is 3.63. The summed E-state index contributed by atoms with van der Waals surface area (Å²) in [5.74, 6) is 0.907. The first-order valence-electron chi connectivity index (χ1n) is 7.03. The van der Waals surface area contributed by atoms with Crippen LogP contribution in [0.2, 0.25) is 0 Å². The Morgan fingerprint density at radius 2 is 2.20 bits per heavy atom. The molecular formula is C15H23N3O2. The van der Waals surface area contributed by atoms with Gasteiger partial charge in [0.05, 0.1) is 13.7 Å². The van der Waals surface area contributed by atoms with Gasteiger partial charge < -0.3 is 15.4 Å². The van der Waals surface area contributed by atoms with Crippen molar-refractivity contribution in [3.63, 3.8) is 0 Å². The van der Waals surface area contributed by atoms with Crippen molar-refractivity contribution < 1.29 is 9.53 Å². The lowest BCUT2D eigenvalue weighted by Gasteiger charge is -2.33. The number of rotatable bonds is 5. The van der Waals surface area contributed by atoms with Crippen molar-refractivity contribution in [3.8, 4) is 5.75 Å². The number of hydrogen-bond donors (Lipinski definition) is 2. The maximum absolute atomic E-state index is 12.0. The van der Waals surface area contributed by atoms with Crippen LogP contribution in [-0.4, -0.2) is 50.1 Å². The number of nitrogens with zero attached hydrogens (tertiary/aromatic N) is 1. The quantitative estimate of drug-likeness (QED) is 0.828. The molecule has 5 heteroatoms. The topological polar surface area (TPSA) is 53.6 Å². The minimum atomic E-state index is 0.0783. The van der Waals surface area contributed by atoms with Crippen LogP contribution in [0.4, 0.5) is 0 Å². The van der Waals surface area contributed by atoms with E-state index >= 15 is 0 Å². The molecule has 1 aliphatic heterocycles. The SMILES string of the molecule is COc1ccc(CNC(=O)CN2CCNC[C@@H]2C)cc1. The summed E-state index contributed by atoms with van der Waals surface area (Å²) in [5, 5.41) is 6.28. The van der Waals surface area contributed by atoms with Crippen molar-refractivity contribution in [2.45, 2.75) is 19.5 Å². The zero-order valence-corrected chi connectivity index (χ0v) is 12.2. The number of carbonyl (C=O) groups excluding carboxylic acids is 1. The Kier molecular flexibility index (Phi) is 5.38. The lowest BCUT2D eigenvalue weighted by Crippen LogP contribution is -2.52. The Labute approximate surface area is 120 Å². The van der Waals surface area contributed by atoms with Crippen LogP contribution < -0.4 is 15.4 Å². The van der Waals surface area contributed by atoms with E-state index in [2.05, 4.69) is 22.5 Å². The molecule has 2 N–H and O–H groups in total. The summed E-state index contributed by atoms with van der Waals surface area (Å²) in [7, 11) is 1.64. The molecule has 1 heterocycles. The fraction of sp³-hybridized carbons (Fsp3) is 0.533. The number of benzene rings is 1. The molecule has 1 aromatic rings. The zero-order chi connectivity index (χ0) is 14.4. The van der Waals surface area contributed by atoms with Gasteiger partial charge in [0.15, 0.2) is 0 Å². The van der Waals surface area contributed by atoms with Gasteiger partial charge in [0.25, 0.3) is 0 Å². The van der Waals surface area contributed by atoms with Gasteiger partial charge in [-0.1, -0.05) is 12.1 Å². The molecule has 1 fully saturated rings. The molecule has 1 atom stereocenters. The molecule has 110 valence electrons. The van der Waals surface area contributed by atoms with Gasteiger partial charge in [-0.2, -0.15) is 0 Å². The Morgan fingerprint density at radius 1 is 1.45 bits per heavy atom. The van der Waals surface area contributed by atoms with E-state index in [1.54, 1.807) is 7.11 Å². The van der Waals surface area contributed by atoms with E-state index < -0.39 is 0 Å². The van der Waals surface area contributed by atoms with Crippen LogP contribution in [-0.2, 0) is 11.3 Å². The predicted molar refractivity (Wildman–Crippen MR) is 78.7 cm³/mol. The Morgan fingerprint density at radius 3 is 2.85 bits per heavy atom. The number of carbonyl (C=O) groups is 1. The van der Waals surface area contributed by atoms with Gasteiger partial charge in [-0.25, -0.2) is 0 Å². The van der Waals surface area contributed by atoms with E-state index in [1.807, 2.05) is 24.3 Å². The predicted octanol–water partition coefficient (Wildman–Crippen LogP) is 0.605. The van der Waals surface area contributed by atoms with E-state index in [0.717, 1.165) is 30.9 Å². The van der Waals surface area contributed by atoms with E-state index in [4.69, 9.17) is 4.74 Å². The second-order valence-corrected chi connectivity index (χ2v) is 5.15. The van der Waals surface area contributed by atoms with Crippen molar-refractivity contribution >= 4 is 5.91 Å². The van der Waals surface area contributed by atoms with Gasteiger partial charge in [-0.15, -0.1) is 0 Å². The average molecular weight is 277 g/mol. The highest BCUT2D eigenvalue weighted by Crippen LogP contribution is 2.11. The molecule has 20 heavy (non-hydrogen) atoms. The number of ether oxygens (including phenoxy) is 1. The van der Waals surface area contributed by atoms with Crippen molar-refractivity contribution in [1.82, 2.24) is 15.5 Å². The number of methoxy groups -OCH3 is 1. The van der Waals surface area contributed by atoms with Crippen LogP contribution >= 0.6 is 0 Å². The summed E-state index contributed by atoms with van der Waals surface area (Å²) in [6.45, 7) is 6.00. The second-order valence-electron chi connectivity index (χ2n) is 5.15. The molecule has 0 unspecified atom stereocenters. The number of hydrogen-bond acceptors (Lipinski definition) is 4. The summed E-state index contributed by atoms with van der Waals surface area (Å²) in [4.78, 5) is 14.2. The van der Waals surface area contributed by atoms with Crippen LogP contribution in [0.15, 0.2) is 24.3 Å². The molecule has 0 aliphatic carbocycles. The second kappa shape index (κ2) is 7.26. The molecule has 1 saturated heterocycles. The molecular weight excluding hydrogens is 254 g/mol. The highest BCUT2D eigenvalue weighted by atomic mass is 16.5. The maximum atomic E-state index is 12.0. The van der Waals surface area contributed by atoms with Gasteiger partial charge in [0, 0.05) is 32.2 Å². The van der Waals surface area contributed by atoms with Gasteiger partial charge in [0.2, 0.25) is 5.91 Å². The summed E-state index contributed by atoms with van der Waals surface area (Å²) in [6, 6.07) is 8.15. The highest BCUT2D eigenvalue weighted by molar-refractivity contribution is 5.78. The number of amides is 1. The number of piperazine rings is 1. The standard InChI is InChI=1S/C15H23N3O2/c1-12-9-16-7-8-18(12)11-15(19)17-10-13-3-5-14(20-2)6-4-13/h3-6,12,16H,7-11H2,1-2H3,(H,17,19)/t12-/m0/s1. The third-order valence-electron chi connectivity index (χ3n) is 3.63. The van der Waals surface area contributed by atoms with Crippen molar-refractivity contribution in [1.29, 1.82) is 0 Å². The molecule has 0 bridgehead atoms. The molecule has 1 amide bonds. The minimum absolute atomic E-state index is 0.0783. The first-order chi connectivity index (χ1) is 9.69. The third kappa shape index (κ3) is 4.21. The monoisotopic (exact) mass is 277 g/mol. The summed E-state index contributed by atoms with van der Waals surface area (Å²) >= 11 is 0. The van der Waals surface area contributed by atoms with Crippen LogP contribution in [0.5, 0.6) is 5.75 Å². The largest absolute Gasteiger partial charge is 0.497 e. The zero-order valence-electron chi connectivity index (χ0n) is 12.2. The van der Waals surface area contributed by atoms with E-state index in [-0.39, 0.29) is 5.91 Å². The minimum Gasteiger partial charge on any atom is -0.497 e. The van der Waals surface area contributed by atoms with E-state index in [0.29, 0.717) is 19.1 Å². The lowest BCUT2D eigenvalue weighted by atomic mass is 10.2. The van der Waals surface area contributed by atoms with Gasteiger partial charge >= 0.3 is 0 Å². The van der Waals surface area contributed by atoms with Gasteiger partial charge in [0.1, 0.15) is 5.75 Å². The van der Waals surface area contributed by atoms with Crippen LogP contribution in [0.1, 0.15) is 12.5 Å². The van der Waals surface area contributed by atoms with Crippen molar-refractivity contribution in [2.75, 3.05) is 33.3 Å². The maximum Gasteiger partial charge on any atom is 0.234 e. The molecule has 0 aromatic heterocycles. The highest BCUT2D eigenvalue weighted by Gasteiger charge is 2.19. The molecule has 5 nitrogen and oxygen atoms in total. The Bertz CT molecular complexity index is 433.